The van der Waals surface area contributed by atoms with Crippen LogP contribution in [0.5, 0.6) is 17.2 Å². The maximum atomic E-state index is 11.0. The molecule has 13 heteroatoms. The van der Waals surface area contributed by atoms with Crippen LogP contribution in [0.3, 0.4) is 0 Å². The number of rotatable bonds is 0. The molecule has 3 aliphatic heterocycles. The van der Waals surface area contributed by atoms with Crippen molar-refractivity contribution in [2.75, 3.05) is 78.5 Å². The maximum Gasteiger partial charge on any atom is 0.133 e. The molecule has 0 saturated carbocycles. The number of phenolic OH excluding ortho intramolecular Hbond substituents is 3. The summed E-state index contributed by atoms with van der Waals surface area (Å²) in [6, 6.07) is 11.5. The Morgan fingerprint density at radius 2 is 0.538 bits per heavy atom. The average molecular weight is 808 g/mol. The van der Waals surface area contributed by atoms with E-state index in [0.29, 0.717) is 112 Å². The van der Waals surface area contributed by atoms with Crippen LogP contribution >= 0.6 is 0 Å². The largest absolute Gasteiger partial charge is 0.507 e. The first-order valence-electron chi connectivity index (χ1n) is 17.2. The van der Waals surface area contributed by atoms with E-state index < -0.39 is 0 Å². The van der Waals surface area contributed by atoms with Crippen molar-refractivity contribution in [3.63, 3.8) is 0 Å². The van der Waals surface area contributed by atoms with Crippen molar-refractivity contribution in [1.82, 2.24) is 9.80 Å². The minimum atomic E-state index is 0. The predicted molar refractivity (Wildman–Crippen MR) is 206 cm³/mol. The second-order valence-corrected chi connectivity index (χ2v) is 12.8. The van der Waals surface area contributed by atoms with E-state index in [-0.39, 0.29) is 56.2 Å². The molecule has 8 bridgehead atoms. The van der Waals surface area contributed by atoms with Crippen LogP contribution < -0.4 is 0 Å². The Bertz CT molecular complexity index is 1500. The number of hydrogen-bond donors (Lipinski definition) is 3. The van der Waals surface area contributed by atoms with E-state index in [1.807, 2.05) is 57.2 Å². The molecule has 52 heavy (non-hydrogen) atoms. The van der Waals surface area contributed by atoms with Gasteiger partial charge in [0.2, 0.25) is 0 Å². The van der Waals surface area contributed by atoms with Gasteiger partial charge in [0.1, 0.15) is 17.2 Å². The van der Waals surface area contributed by atoms with Crippen LogP contribution in [0.4, 0.5) is 0 Å². The van der Waals surface area contributed by atoms with Crippen molar-refractivity contribution in [3.8, 4) is 17.2 Å². The van der Waals surface area contributed by atoms with Gasteiger partial charge in [0.05, 0.1) is 39.3 Å². The monoisotopic (exact) mass is 804 g/mol. The van der Waals surface area contributed by atoms with E-state index >= 15 is 0 Å². The standard InChI is InChI=1S/C39H48N8O3.2Zn/c1-28-16-31-22-40-4-10-46-12-6-42-24-33-18-29(2)19-34(38(33)49)25-43-7-13-47(11-5-41-23-32(17-28)37(31)48)15-9-45-27-36-21-30(3)20-35(39(36)50)26-44-8-14-46;;/h16-27,48-50H,4-15H2,1-3H3;;. The molecule has 3 heterocycles. The molecule has 0 spiro atoms. The number of nitrogens with zero attached hydrogens (tertiary/aromatic N) is 8. The number of phenols is 3. The molecule has 0 unspecified atom stereocenters. The van der Waals surface area contributed by atoms with Gasteiger partial charge in [0.25, 0.3) is 0 Å². The van der Waals surface area contributed by atoms with Crippen LogP contribution in [-0.4, -0.2) is 141 Å². The number of fused-ring (bicyclic) bond motifs is 12. The Labute approximate surface area is 332 Å². The predicted octanol–water partition coefficient (Wildman–Crippen LogP) is 4.27. The van der Waals surface area contributed by atoms with Crippen LogP contribution in [0, 0.1) is 20.8 Å². The zero-order valence-electron chi connectivity index (χ0n) is 30.7. The van der Waals surface area contributed by atoms with E-state index in [1.54, 1.807) is 37.3 Å². The minimum absolute atomic E-state index is 0. The summed E-state index contributed by atoms with van der Waals surface area (Å²) in [5.41, 5.74) is 6.98. The Morgan fingerprint density at radius 3 is 0.712 bits per heavy atom. The van der Waals surface area contributed by atoms with E-state index in [9.17, 15) is 15.3 Å². The Balaban J connectivity index is 0.00000364. The van der Waals surface area contributed by atoms with Gasteiger partial charge in [-0.2, -0.15) is 0 Å². The second kappa shape index (κ2) is 21.7. The van der Waals surface area contributed by atoms with Crippen molar-refractivity contribution >= 4 is 37.3 Å². The molecule has 266 valence electrons. The number of aryl methyl sites for hydroxylation is 3. The fraction of sp³-hybridized carbons (Fsp3) is 0.385. The zero-order valence-corrected chi connectivity index (χ0v) is 36.7. The molecule has 3 aromatic carbocycles. The van der Waals surface area contributed by atoms with Crippen LogP contribution in [0.2, 0.25) is 0 Å². The minimum Gasteiger partial charge on any atom is -0.507 e. The summed E-state index contributed by atoms with van der Waals surface area (Å²) in [7, 11) is 0. The maximum absolute atomic E-state index is 11.0. The third-order valence-corrected chi connectivity index (χ3v) is 8.59. The van der Waals surface area contributed by atoms with Crippen LogP contribution in [0.15, 0.2) is 66.4 Å². The van der Waals surface area contributed by atoms with Crippen LogP contribution in [0.25, 0.3) is 0 Å². The van der Waals surface area contributed by atoms with Crippen LogP contribution in [-0.2, 0) is 39.0 Å². The van der Waals surface area contributed by atoms with Crippen molar-refractivity contribution in [1.29, 1.82) is 0 Å². The van der Waals surface area contributed by atoms with Gasteiger partial charge < -0.3 is 15.3 Å². The molecule has 3 aromatic rings. The number of benzene rings is 3. The first kappa shape index (κ1) is 42.7. The molecule has 0 atom stereocenters. The molecule has 11 nitrogen and oxygen atoms in total. The summed E-state index contributed by atoms with van der Waals surface area (Å²) < 4.78 is 0. The van der Waals surface area contributed by atoms with Crippen LogP contribution in [0.1, 0.15) is 50.1 Å². The molecule has 3 aliphatic rings. The quantitative estimate of drug-likeness (QED) is 0.292. The van der Waals surface area contributed by atoms with Crippen molar-refractivity contribution in [2.45, 2.75) is 20.8 Å². The van der Waals surface area contributed by atoms with Crippen molar-refractivity contribution in [2.24, 2.45) is 30.0 Å². The molecular weight excluding hydrogens is 759 g/mol. The first-order valence-corrected chi connectivity index (χ1v) is 17.2. The summed E-state index contributed by atoms with van der Waals surface area (Å²) in [5.74, 6) is 0.490. The van der Waals surface area contributed by atoms with E-state index in [2.05, 4.69) is 39.8 Å². The Morgan fingerprint density at radius 1 is 0.365 bits per heavy atom. The van der Waals surface area contributed by atoms with Gasteiger partial charge in [0.15, 0.2) is 0 Å². The molecule has 3 N–H and O–H groups in total. The van der Waals surface area contributed by atoms with Gasteiger partial charge in [-0.25, -0.2) is 0 Å². The van der Waals surface area contributed by atoms with Gasteiger partial charge in [-0.05, 0) is 73.9 Å². The van der Waals surface area contributed by atoms with Gasteiger partial charge in [0, 0.05) is 149 Å². The van der Waals surface area contributed by atoms with E-state index in [4.69, 9.17) is 0 Å². The number of hydrogen-bond acceptors (Lipinski definition) is 11. The third kappa shape index (κ3) is 12.7. The summed E-state index contributed by atoms with van der Waals surface area (Å²) in [6.45, 7) is 13.0. The molecule has 0 aliphatic carbocycles. The molecule has 0 amide bonds. The normalized spacial score (nSPS) is 18.8. The molecule has 0 radical (unpaired) electrons. The first-order chi connectivity index (χ1) is 24.3. The molecular formula is C39H48N8O3Zn2. The summed E-state index contributed by atoms with van der Waals surface area (Å²) in [5, 5.41) is 33.1. The van der Waals surface area contributed by atoms with E-state index in [1.165, 1.54) is 0 Å². The SMILES string of the molecule is Cc1cc2c(O)c(c1)C=NCCN1CCN=Cc3cc(C)cc(c3O)C=NCCN(CCN=C2)CCN=Cc2cc(C)cc(c2O)C=NCC1.[Zn].[Zn]. The molecule has 0 saturated heterocycles. The fourth-order valence-corrected chi connectivity index (χ4v) is 5.94. The van der Waals surface area contributed by atoms with Gasteiger partial charge >= 0.3 is 0 Å². The average Bonchev–Trinajstić information content (AvgIpc) is 3.08. The zero-order chi connectivity index (χ0) is 35.3. The summed E-state index contributed by atoms with van der Waals surface area (Å²) >= 11 is 0. The van der Waals surface area contributed by atoms with E-state index in [0.717, 1.165) is 16.7 Å². The molecule has 6 rings (SSSR count). The van der Waals surface area contributed by atoms with Gasteiger partial charge in [-0.1, -0.05) is 0 Å². The van der Waals surface area contributed by atoms with Crippen molar-refractivity contribution in [3.05, 3.63) is 86.5 Å². The van der Waals surface area contributed by atoms with Crippen molar-refractivity contribution < 1.29 is 54.3 Å². The number of aromatic hydroxyl groups is 3. The Kier molecular flexibility index (Phi) is 17.8. The fourth-order valence-electron chi connectivity index (χ4n) is 5.94. The topological polar surface area (TPSA) is 141 Å². The van der Waals surface area contributed by atoms with Gasteiger partial charge in [-0.3, -0.25) is 39.8 Å². The van der Waals surface area contributed by atoms with Gasteiger partial charge in [-0.15, -0.1) is 0 Å². The third-order valence-electron chi connectivity index (χ3n) is 8.59. The Hall–Kier alpha value is -3.75. The second-order valence-electron chi connectivity index (χ2n) is 12.8. The number of aliphatic imine (C=N–C) groups is 6. The molecule has 0 fully saturated rings. The summed E-state index contributed by atoms with van der Waals surface area (Å²) in [4.78, 5) is 32.5. The molecule has 0 aromatic heterocycles. The smallest absolute Gasteiger partial charge is 0.133 e. The summed E-state index contributed by atoms with van der Waals surface area (Å²) in [6.07, 6.45) is 10.4.